The Morgan fingerprint density at radius 1 is 1.50 bits per heavy atom. The van der Waals surface area contributed by atoms with Crippen LogP contribution in [0, 0.1) is 0 Å². The summed E-state index contributed by atoms with van der Waals surface area (Å²) < 4.78 is 0. The number of aromatic carboxylic acids is 1. The Hall–Kier alpha value is -1.77. The predicted octanol–water partition coefficient (Wildman–Crippen LogP) is 2.21. The van der Waals surface area contributed by atoms with Crippen molar-refractivity contribution in [2.24, 2.45) is 0 Å². The Balaban J connectivity index is 3.00. The van der Waals surface area contributed by atoms with Crippen LogP contribution in [0.2, 0.25) is 0 Å². The van der Waals surface area contributed by atoms with E-state index >= 15 is 0 Å². The highest BCUT2D eigenvalue weighted by molar-refractivity contribution is 5.90. The largest absolute Gasteiger partial charge is 0.507 e. The first kappa shape index (κ1) is 10.3. The van der Waals surface area contributed by atoms with E-state index in [1.54, 1.807) is 6.07 Å². The van der Waals surface area contributed by atoms with Gasteiger partial charge in [-0.15, -0.1) is 0 Å². The fraction of sp³-hybridized carbons (Fsp3) is 0.182. The highest BCUT2D eigenvalue weighted by Gasteiger charge is 2.09. The Morgan fingerprint density at radius 3 is 2.79 bits per heavy atom. The van der Waals surface area contributed by atoms with Crippen molar-refractivity contribution >= 4 is 5.97 Å². The highest BCUT2D eigenvalue weighted by Crippen LogP contribution is 2.18. The lowest BCUT2D eigenvalue weighted by Crippen LogP contribution is -1.97. The normalized spacial score (nSPS) is 10.6. The molecule has 3 nitrogen and oxygen atoms in total. The number of carboxylic acid groups (broad SMARTS) is 1. The fourth-order valence-corrected chi connectivity index (χ4v) is 1.14. The number of phenols is 1. The van der Waals surface area contributed by atoms with Crippen molar-refractivity contribution in [3.63, 3.8) is 0 Å². The van der Waals surface area contributed by atoms with Crippen molar-refractivity contribution in [1.82, 2.24) is 0 Å². The van der Waals surface area contributed by atoms with Crippen molar-refractivity contribution in [3.8, 4) is 5.75 Å². The average molecular weight is 192 g/mol. The third-order valence-corrected chi connectivity index (χ3v) is 1.88. The van der Waals surface area contributed by atoms with E-state index in [2.05, 4.69) is 0 Å². The molecule has 0 amide bonds. The van der Waals surface area contributed by atoms with E-state index in [1.807, 2.05) is 19.1 Å². The third kappa shape index (κ3) is 2.36. The minimum atomic E-state index is -1.11. The molecule has 0 saturated heterocycles. The van der Waals surface area contributed by atoms with Crippen LogP contribution in [0.1, 0.15) is 22.8 Å². The second kappa shape index (κ2) is 4.46. The molecule has 0 aromatic heterocycles. The van der Waals surface area contributed by atoms with Gasteiger partial charge in [-0.1, -0.05) is 18.2 Å². The number of benzene rings is 1. The molecule has 0 saturated carbocycles. The predicted molar refractivity (Wildman–Crippen MR) is 53.6 cm³/mol. The van der Waals surface area contributed by atoms with Crippen molar-refractivity contribution in [2.75, 3.05) is 0 Å². The highest BCUT2D eigenvalue weighted by atomic mass is 16.4. The van der Waals surface area contributed by atoms with Gasteiger partial charge in [0, 0.05) is 0 Å². The summed E-state index contributed by atoms with van der Waals surface area (Å²) in [5, 5.41) is 18.0. The molecule has 0 heterocycles. The van der Waals surface area contributed by atoms with E-state index in [1.165, 1.54) is 12.1 Å². The summed E-state index contributed by atoms with van der Waals surface area (Å²) in [4.78, 5) is 10.7. The molecule has 0 aliphatic carbocycles. The molecule has 0 aliphatic rings. The molecule has 14 heavy (non-hydrogen) atoms. The van der Waals surface area contributed by atoms with E-state index in [0.717, 1.165) is 5.56 Å². The monoisotopic (exact) mass is 192 g/mol. The summed E-state index contributed by atoms with van der Waals surface area (Å²) in [6, 6.07) is 4.60. The quantitative estimate of drug-likeness (QED) is 0.722. The first-order chi connectivity index (χ1) is 6.65. The van der Waals surface area contributed by atoms with Gasteiger partial charge in [0.05, 0.1) is 0 Å². The van der Waals surface area contributed by atoms with Crippen LogP contribution >= 0.6 is 0 Å². The van der Waals surface area contributed by atoms with E-state index in [0.29, 0.717) is 6.42 Å². The average Bonchev–Trinajstić information content (AvgIpc) is 2.16. The van der Waals surface area contributed by atoms with E-state index in [4.69, 9.17) is 5.11 Å². The van der Waals surface area contributed by atoms with Gasteiger partial charge in [-0.3, -0.25) is 0 Å². The Morgan fingerprint density at radius 2 is 2.21 bits per heavy atom. The number of allylic oxidation sites excluding steroid dienone is 2. The van der Waals surface area contributed by atoms with Crippen molar-refractivity contribution < 1.29 is 15.0 Å². The van der Waals surface area contributed by atoms with Gasteiger partial charge in [0.1, 0.15) is 11.3 Å². The Labute approximate surface area is 82.3 Å². The lowest BCUT2D eigenvalue weighted by molar-refractivity contribution is 0.0693. The number of hydrogen-bond donors (Lipinski definition) is 2. The zero-order valence-corrected chi connectivity index (χ0v) is 7.90. The molecule has 0 atom stereocenters. The number of hydrogen-bond acceptors (Lipinski definition) is 2. The van der Waals surface area contributed by atoms with Gasteiger partial charge in [-0.05, 0) is 31.0 Å². The summed E-state index contributed by atoms with van der Waals surface area (Å²) in [5.41, 5.74) is 0.824. The first-order valence-corrected chi connectivity index (χ1v) is 4.31. The second-order valence-electron chi connectivity index (χ2n) is 2.93. The lowest BCUT2D eigenvalue weighted by atomic mass is 10.1. The Kier molecular flexibility index (Phi) is 3.29. The van der Waals surface area contributed by atoms with E-state index in [9.17, 15) is 9.90 Å². The Bertz CT molecular complexity index is 367. The SMILES string of the molecule is CC=CCc1ccc(O)c(C(=O)O)c1. The standard InChI is InChI=1S/C11H12O3/c1-2-3-4-8-5-6-10(12)9(7-8)11(13)14/h2-3,5-7,12H,4H2,1H3,(H,13,14). The van der Waals surface area contributed by atoms with Crippen molar-refractivity contribution in [1.29, 1.82) is 0 Å². The molecule has 1 rings (SSSR count). The van der Waals surface area contributed by atoms with Gasteiger partial charge in [0.25, 0.3) is 0 Å². The number of aromatic hydroxyl groups is 1. The maximum Gasteiger partial charge on any atom is 0.339 e. The van der Waals surface area contributed by atoms with Crippen LogP contribution in [0.5, 0.6) is 5.75 Å². The topological polar surface area (TPSA) is 57.5 Å². The molecule has 0 radical (unpaired) electrons. The molecule has 2 N–H and O–H groups in total. The minimum absolute atomic E-state index is 0.0491. The molecule has 0 bridgehead atoms. The van der Waals surface area contributed by atoms with Gasteiger partial charge in [-0.2, -0.15) is 0 Å². The zero-order valence-electron chi connectivity index (χ0n) is 7.90. The van der Waals surface area contributed by atoms with Gasteiger partial charge < -0.3 is 10.2 Å². The van der Waals surface area contributed by atoms with Crippen LogP contribution in [-0.2, 0) is 6.42 Å². The summed E-state index contributed by atoms with van der Waals surface area (Å²) in [6.07, 6.45) is 4.50. The second-order valence-corrected chi connectivity index (χ2v) is 2.93. The molecule has 1 aromatic rings. The summed E-state index contributed by atoms with van der Waals surface area (Å²) >= 11 is 0. The molecular weight excluding hydrogens is 180 g/mol. The first-order valence-electron chi connectivity index (χ1n) is 4.31. The van der Waals surface area contributed by atoms with Gasteiger partial charge in [0.15, 0.2) is 0 Å². The fourth-order valence-electron chi connectivity index (χ4n) is 1.14. The number of carbonyl (C=O) groups is 1. The minimum Gasteiger partial charge on any atom is -0.507 e. The molecular formula is C11H12O3. The molecule has 0 aliphatic heterocycles. The number of rotatable bonds is 3. The summed E-state index contributed by atoms with van der Waals surface area (Å²) in [5.74, 6) is -1.30. The molecule has 1 aromatic carbocycles. The van der Waals surface area contributed by atoms with Crippen LogP contribution < -0.4 is 0 Å². The van der Waals surface area contributed by atoms with Crippen LogP contribution in [0.3, 0.4) is 0 Å². The van der Waals surface area contributed by atoms with Crippen LogP contribution in [0.25, 0.3) is 0 Å². The van der Waals surface area contributed by atoms with Crippen molar-refractivity contribution in [2.45, 2.75) is 13.3 Å². The van der Waals surface area contributed by atoms with Crippen LogP contribution in [0.4, 0.5) is 0 Å². The molecule has 0 spiro atoms. The van der Waals surface area contributed by atoms with Crippen molar-refractivity contribution in [3.05, 3.63) is 41.5 Å². The van der Waals surface area contributed by atoms with Gasteiger partial charge >= 0.3 is 5.97 Å². The summed E-state index contributed by atoms with van der Waals surface area (Å²) in [7, 11) is 0. The lowest BCUT2D eigenvalue weighted by Gasteiger charge is -2.01. The maximum absolute atomic E-state index is 10.7. The molecule has 0 fully saturated rings. The van der Waals surface area contributed by atoms with Crippen LogP contribution in [-0.4, -0.2) is 16.2 Å². The number of carboxylic acids is 1. The maximum atomic E-state index is 10.7. The van der Waals surface area contributed by atoms with E-state index in [-0.39, 0.29) is 11.3 Å². The molecule has 0 unspecified atom stereocenters. The smallest absolute Gasteiger partial charge is 0.339 e. The molecule has 74 valence electrons. The zero-order chi connectivity index (χ0) is 10.6. The van der Waals surface area contributed by atoms with Gasteiger partial charge in [0.2, 0.25) is 0 Å². The van der Waals surface area contributed by atoms with Crippen LogP contribution in [0.15, 0.2) is 30.4 Å². The van der Waals surface area contributed by atoms with Gasteiger partial charge in [-0.25, -0.2) is 4.79 Å². The summed E-state index contributed by atoms with van der Waals surface area (Å²) in [6.45, 7) is 1.90. The third-order valence-electron chi connectivity index (χ3n) is 1.88. The van der Waals surface area contributed by atoms with E-state index < -0.39 is 5.97 Å². The molecule has 3 heteroatoms.